The monoisotopic (exact) mass is 471 g/mol. The first-order valence-corrected chi connectivity index (χ1v) is 9.53. The van der Waals surface area contributed by atoms with Gasteiger partial charge in [-0.1, -0.05) is 11.3 Å². The molecule has 0 aliphatic carbocycles. The minimum atomic E-state index is -4.56. The molecule has 176 valence electrons. The summed E-state index contributed by atoms with van der Waals surface area (Å²) in [7, 11) is 0. The molecule has 1 unspecified atom stereocenters. The zero-order valence-corrected chi connectivity index (χ0v) is 16.9. The number of carbonyl (C=O) groups excluding carboxylic acids is 1. The number of hydrogen-bond acceptors (Lipinski definition) is 6. The molecule has 9 nitrogen and oxygen atoms in total. The molecule has 0 spiro atoms. The third-order valence-corrected chi connectivity index (χ3v) is 4.54. The summed E-state index contributed by atoms with van der Waals surface area (Å²) in [5, 5.41) is 9.73. The molecule has 1 amide bonds. The van der Waals surface area contributed by atoms with Crippen LogP contribution in [0.5, 0.6) is 0 Å². The molecule has 3 aromatic rings. The highest BCUT2D eigenvalue weighted by Gasteiger charge is 2.32. The van der Waals surface area contributed by atoms with Crippen molar-refractivity contribution in [3.8, 4) is 0 Å². The summed E-state index contributed by atoms with van der Waals surface area (Å²) in [5.41, 5.74) is 3.20. The SMILES string of the molecule is Nc1ccn(CCC(F)Cn2cc(C(=O)NCc3ccc(C(F)(F)F)nc3)nn2)c(=O)c1F. The van der Waals surface area contributed by atoms with E-state index in [9.17, 15) is 31.5 Å². The van der Waals surface area contributed by atoms with Crippen molar-refractivity contribution >= 4 is 11.6 Å². The van der Waals surface area contributed by atoms with E-state index in [1.807, 2.05) is 0 Å². The van der Waals surface area contributed by atoms with Crippen LogP contribution >= 0.6 is 0 Å². The summed E-state index contributed by atoms with van der Waals surface area (Å²) < 4.78 is 67.4. The Kier molecular flexibility index (Phi) is 7.04. The van der Waals surface area contributed by atoms with Crippen molar-refractivity contribution < 1.29 is 26.7 Å². The lowest BCUT2D eigenvalue weighted by Gasteiger charge is -2.10. The van der Waals surface area contributed by atoms with Gasteiger partial charge in [-0.3, -0.25) is 14.6 Å². The van der Waals surface area contributed by atoms with Gasteiger partial charge in [0.15, 0.2) is 5.69 Å². The van der Waals surface area contributed by atoms with Gasteiger partial charge >= 0.3 is 6.18 Å². The van der Waals surface area contributed by atoms with Crippen LogP contribution in [0.4, 0.5) is 27.6 Å². The summed E-state index contributed by atoms with van der Waals surface area (Å²) in [4.78, 5) is 27.2. The molecule has 0 radical (unpaired) electrons. The highest BCUT2D eigenvalue weighted by molar-refractivity contribution is 5.91. The number of nitrogens with two attached hydrogens (primary N) is 1. The molecule has 3 N–H and O–H groups in total. The minimum Gasteiger partial charge on any atom is -0.396 e. The van der Waals surface area contributed by atoms with E-state index in [1.54, 1.807) is 0 Å². The zero-order chi connectivity index (χ0) is 24.2. The number of anilines is 1. The molecule has 3 rings (SSSR count). The molecular weight excluding hydrogens is 453 g/mol. The lowest BCUT2D eigenvalue weighted by molar-refractivity contribution is -0.141. The Bertz CT molecular complexity index is 1170. The first kappa shape index (κ1) is 23.8. The Morgan fingerprint density at radius 2 is 2.00 bits per heavy atom. The largest absolute Gasteiger partial charge is 0.433 e. The number of carbonyl (C=O) groups is 1. The number of aryl methyl sites for hydroxylation is 1. The van der Waals surface area contributed by atoms with Gasteiger partial charge < -0.3 is 15.6 Å². The quantitative estimate of drug-likeness (QED) is 0.485. The number of hydrogen-bond donors (Lipinski definition) is 2. The van der Waals surface area contributed by atoms with E-state index in [0.717, 1.165) is 21.5 Å². The fraction of sp³-hybridized carbons (Fsp3) is 0.316. The smallest absolute Gasteiger partial charge is 0.396 e. The van der Waals surface area contributed by atoms with Crippen molar-refractivity contribution in [2.24, 2.45) is 0 Å². The van der Waals surface area contributed by atoms with E-state index in [1.165, 1.54) is 24.5 Å². The van der Waals surface area contributed by atoms with Crippen molar-refractivity contribution in [3.05, 3.63) is 69.9 Å². The van der Waals surface area contributed by atoms with Crippen LogP contribution in [0.1, 0.15) is 28.2 Å². The van der Waals surface area contributed by atoms with Crippen LogP contribution in [0.25, 0.3) is 0 Å². The Balaban J connectivity index is 1.50. The predicted molar refractivity (Wildman–Crippen MR) is 105 cm³/mol. The number of amides is 1. The van der Waals surface area contributed by atoms with Gasteiger partial charge in [-0.25, -0.2) is 9.07 Å². The van der Waals surface area contributed by atoms with Crippen LogP contribution in [0.3, 0.4) is 0 Å². The maximum absolute atomic E-state index is 14.3. The third-order valence-electron chi connectivity index (χ3n) is 4.54. The number of pyridine rings is 2. The second-order valence-electron chi connectivity index (χ2n) is 7.03. The van der Waals surface area contributed by atoms with Crippen LogP contribution in [0, 0.1) is 5.82 Å². The Labute approximate surface area is 183 Å². The molecule has 0 bridgehead atoms. The van der Waals surface area contributed by atoms with Crippen molar-refractivity contribution in [3.63, 3.8) is 0 Å². The van der Waals surface area contributed by atoms with Crippen LogP contribution < -0.4 is 16.6 Å². The van der Waals surface area contributed by atoms with Gasteiger partial charge in [-0.05, 0) is 24.1 Å². The van der Waals surface area contributed by atoms with E-state index in [0.29, 0.717) is 5.56 Å². The average molecular weight is 471 g/mol. The molecule has 1 atom stereocenters. The number of nitrogens with one attached hydrogen (secondary N) is 1. The highest BCUT2D eigenvalue weighted by Crippen LogP contribution is 2.27. The summed E-state index contributed by atoms with van der Waals surface area (Å²) in [6, 6.07) is 3.18. The fourth-order valence-corrected chi connectivity index (χ4v) is 2.77. The number of aromatic nitrogens is 5. The van der Waals surface area contributed by atoms with Crippen molar-refractivity contribution in [2.45, 2.75) is 38.4 Å². The van der Waals surface area contributed by atoms with Crippen molar-refractivity contribution in [2.75, 3.05) is 5.73 Å². The average Bonchev–Trinajstić information content (AvgIpc) is 3.23. The zero-order valence-electron chi connectivity index (χ0n) is 16.9. The van der Waals surface area contributed by atoms with E-state index in [-0.39, 0.29) is 37.4 Å². The second kappa shape index (κ2) is 9.75. The Morgan fingerprint density at radius 3 is 2.67 bits per heavy atom. The van der Waals surface area contributed by atoms with Crippen molar-refractivity contribution in [1.29, 1.82) is 0 Å². The van der Waals surface area contributed by atoms with Gasteiger partial charge in [0.1, 0.15) is 11.9 Å². The lowest BCUT2D eigenvalue weighted by Crippen LogP contribution is -2.25. The molecule has 0 saturated heterocycles. The summed E-state index contributed by atoms with van der Waals surface area (Å²) >= 11 is 0. The standard InChI is InChI=1S/C19H18F5N7O2/c20-12(3-5-30-6-4-13(25)16(21)18(30)33)9-31-10-14(28-29-31)17(32)27-8-11-1-2-15(26-7-11)19(22,23)24/h1-2,4,6-7,10,12H,3,5,8-9,25H2,(H,27,32). The van der Waals surface area contributed by atoms with Gasteiger partial charge in [0.2, 0.25) is 5.82 Å². The summed E-state index contributed by atoms with van der Waals surface area (Å²) in [5.74, 6) is -1.77. The van der Waals surface area contributed by atoms with Crippen LogP contribution in [-0.2, 0) is 25.8 Å². The number of rotatable bonds is 8. The van der Waals surface area contributed by atoms with Crippen LogP contribution in [0.2, 0.25) is 0 Å². The van der Waals surface area contributed by atoms with Crippen molar-refractivity contribution in [1.82, 2.24) is 29.9 Å². The van der Waals surface area contributed by atoms with Gasteiger partial charge in [-0.15, -0.1) is 5.10 Å². The van der Waals surface area contributed by atoms with Gasteiger partial charge in [0, 0.05) is 25.5 Å². The molecule has 0 saturated carbocycles. The fourth-order valence-electron chi connectivity index (χ4n) is 2.77. The molecular formula is C19H18F5N7O2. The third kappa shape index (κ3) is 6.11. The number of halogens is 5. The van der Waals surface area contributed by atoms with E-state index < -0.39 is 35.3 Å². The minimum absolute atomic E-state index is 0.0968. The first-order chi connectivity index (χ1) is 15.5. The van der Waals surface area contributed by atoms with Gasteiger partial charge in [0.25, 0.3) is 11.5 Å². The maximum Gasteiger partial charge on any atom is 0.433 e. The number of alkyl halides is 4. The van der Waals surface area contributed by atoms with Gasteiger partial charge in [0.05, 0.1) is 18.4 Å². The van der Waals surface area contributed by atoms with E-state index in [4.69, 9.17) is 5.73 Å². The molecule has 33 heavy (non-hydrogen) atoms. The molecule has 0 aliphatic heterocycles. The number of nitrogen functional groups attached to an aromatic ring is 1. The molecule has 0 aromatic carbocycles. The molecule has 3 heterocycles. The maximum atomic E-state index is 14.3. The predicted octanol–water partition coefficient (Wildman–Crippen LogP) is 1.93. The first-order valence-electron chi connectivity index (χ1n) is 9.53. The van der Waals surface area contributed by atoms with E-state index in [2.05, 4.69) is 20.6 Å². The lowest BCUT2D eigenvalue weighted by atomic mass is 10.2. The molecule has 0 fully saturated rings. The van der Waals surface area contributed by atoms with Crippen LogP contribution in [-0.4, -0.2) is 36.6 Å². The number of nitrogens with zero attached hydrogens (tertiary/aromatic N) is 5. The highest BCUT2D eigenvalue weighted by atomic mass is 19.4. The Morgan fingerprint density at radius 1 is 1.24 bits per heavy atom. The van der Waals surface area contributed by atoms with E-state index >= 15 is 0 Å². The summed E-state index contributed by atoms with van der Waals surface area (Å²) in [6.07, 6.45) is -2.72. The molecule has 0 aliphatic rings. The summed E-state index contributed by atoms with van der Waals surface area (Å²) in [6.45, 7) is -0.467. The molecule has 3 aromatic heterocycles. The van der Waals surface area contributed by atoms with Crippen LogP contribution in [0.15, 0.2) is 41.6 Å². The Hall–Kier alpha value is -3.84. The second-order valence-corrected chi connectivity index (χ2v) is 7.03. The topological polar surface area (TPSA) is 121 Å². The molecule has 14 heteroatoms. The van der Waals surface area contributed by atoms with Gasteiger partial charge in [-0.2, -0.15) is 17.6 Å². The normalized spacial score (nSPS) is 12.5.